The molecule has 0 aliphatic heterocycles. The second kappa shape index (κ2) is 4.02. The lowest BCUT2D eigenvalue weighted by Crippen LogP contribution is -2.08. The van der Waals surface area contributed by atoms with Crippen molar-refractivity contribution in [3.63, 3.8) is 0 Å². The lowest BCUT2D eigenvalue weighted by atomic mass is 10.3. The van der Waals surface area contributed by atoms with Gasteiger partial charge < -0.3 is 10.3 Å². The maximum absolute atomic E-state index is 5.50. The van der Waals surface area contributed by atoms with Gasteiger partial charge in [-0.3, -0.25) is 4.98 Å². The van der Waals surface area contributed by atoms with Crippen molar-refractivity contribution in [2.75, 3.05) is 6.54 Å². The summed E-state index contributed by atoms with van der Waals surface area (Å²) < 4.78 is 2.00. The largest absolute Gasteiger partial charge is 0.330 e. The molecule has 2 rings (SSSR count). The second-order valence-electron chi connectivity index (χ2n) is 2.96. The summed E-state index contributed by atoms with van der Waals surface area (Å²) in [6, 6.07) is 3.90. The van der Waals surface area contributed by atoms with Gasteiger partial charge >= 0.3 is 0 Å². The molecule has 0 aliphatic rings. The van der Waals surface area contributed by atoms with Crippen molar-refractivity contribution in [3.05, 3.63) is 42.7 Å². The molecular weight excluding hydrogens is 176 g/mol. The Labute approximate surface area is 82.4 Å². The van der Waals surface area contributed by atoms with E-state index in [1.807, 2.05) is 29.1 Å². The summed E-state index contributed by atoms with van der Waals surface area (Å²) in [7, 11) is 0. The highest BCUT2D eigenvalue weighted by atomic mass is 15.1. The molecule has 2 aromatic rings. The quantitative estimate of drug-likeness (QED) is 0.774. The minimum absolute atomic E-state index is 0.608. The normalized spacial score (nSPS) is 10.4. The van der Waals surface area contributed by atoms with Gasteiger partial charge in [-0.25, -0.2) is 4.98 Å². The van der Waals surface area contributed by atoms with Gasteiger partial charge in [0.05, 0.1) is 11.9 Å². The van der Waals surface area contributed by atoms with Gasteiger partial charge in [-0.1, -0.05) is 0 Å². The Morgan fingerprint density at radius 1 is 1.36 bits per heavy atom. The van der Waals surface area contributed by atoms with Crippen LogP contribution in [-0.2, 0) is 6.42 Å². The van der Waals surface area contributed by atoms with E-state index in [2.05, 4.69) is 9.97 Å². The molecule has 0 aromatic carbocycles. The molecule has 72 valence electrons. The lowest BCUT2D eigenvalue weighted by Gasteiger charge is -2.05. The third-order valence-corrected chi connectivity index (χ3v) is 2.01. The Morgan fingerprint density at radius 2 is 2.29 bits per heavy atom. The predicted molar refractivity (Wildman–Crippen MR) is 54.1 cm³/mol. The molecule has 14 heavy (non-hydrogen) atoms. The van der Waals surface area contributed by atoms with Crippen molar-refractivity contribution in [1.82, 2.24) is 14.5 Å². The molecule has 0 fully saturated rings. The van der Waals surface area contributed by atoms with Gasteiger partial charge in [0, 0.05) is 25.0 Å². The minimum atomic E-state index is 0.608. The highest BCUT2D eigenvalue weighted by Gasteiger charge is 2.02. The molecule has 0 saturated carbocycles. The van der Waals surface area contributed by atoms with Gasteiger partial charge in [0.2, 0.25) is 0 Å². The zero-order valence-electron chi connectivity index (χ0n) is 7.80. The summed E-state index contributed by atoms with van der Waals surface area (Å²) in [6.45, 7) is 0.608. The molecule has 0 saturated heterocycles. The van der Waals surface area contributed by atoms with Crippen LogP contribution in [0, 0.1) is 0 Å². The Kier molecular flexibility index (Phi) is 2.55. The first-order chi connectivity index (χ1) is 6.92. The van der Waals surface area contributed by atoms with Crippen LogP contribution in [0.2, 0.25) is 0 Å². The number of nitrogens with two attached hydrogens (primary N) is 1. The molecule has 0 aliphatic carbocycles. The van der Waals surface area contributed by atoms with Crippen molar-refractivity contribution in [2.45, 2.75) is 6.42 Å². The van der Waals surface area contributed by atoms with Gasteiger partial charge in [-0.2, -0.15) is 0 Å². The first-order valence-corrected chi connectivity index (χ1v) is 4.54. The summed E-state index contributed by atoms with van der Waals surface area (Å²) in [5.41, 5.74) is 6.52. The molecule has 2 N–H and O–H groups in total. The standard InChI is InChI=1S/C10H12N4/c11-4-3-10-13-6-7-14(10)9-2-1-5-12-8-9/h1-2,5-8H,3-4,11H2. The first-order valence-electron chi connectivity index (χ1n) is 4.54. The van der Waals surface area contributed by atoms with E-state index in [0.717, 1.165) is 17.9 Å². The maximum Gasteiger partial charge on any atom is 0.114 e. The number of aromatic nitrogens is 3. The molecule has 0 atom stereocenters. The molecule has 4 nitrogen and oxygen atoms in total. The smallest absolute Gasteiger partial charge is 0.114 e. The third kappa shape index (κ3) is 1.65. The molecule has 2 aromatic heterocycles. The molecule has 0 spiro atoms. The van der Waals surface area contributed by atoms with Gasteiger partial charge in [0.25, 0.3) is 0 Å². The fourth-order valence-electron chi connectivity index (χ4n) is 1.38. The van der Waals surface area contributed by atoms with E-state index in [1.54, 1.807) is 12.4 Å². The number of hydrogen-bond acceptors (Lipinski definition) is 3. The van der Waals surface area contributed by atoms with Crippen molar-refractivity contribution >= 4 is 0 Å². The summed E-state index contributed by atoms with van der Waals surface area (Å²) in [6.07, 6.45) is 8.03. The van der Waals surface area contributed by atoms with E-state index in [-0.39, 0.29) is 0 Å². The molecule has 0 radical (unpaired) electrons. The first kappa shape index (κ1) is 8.90. The van der Waals surface area contributed by atoms with Crippen LogP contribution in [0.1, 0.15) is 5.82 Å². The van der Waals surface area contributed by atoms with Gasteiger partial charge in [-0.05, 0) is 18.7 Å². The minimum Gasteiger partial charge on any atom is -0.330 e. The lowest BCUT2D eigenvalue weighted by molar-refractivity contribution is 0.835. The number of hydrogen-bond donors (Lipinski definition) is 1. The fraction of sp³-hybridized carbons (Fsp3) is 0.200. The molecule has 4 heteroatoms. The van der Waals surface area contributed by atoms with Crippen LogP contribution in [0.25, 0.3) is 5.69 Å². The molecule has 0 amide bonds. The number of pyridine rings is 1. The van der Waals surface area contributed by atoms with E-state index in [0.29, 0.717) is 6.54 Å². The summed E-state index contributed by atoms with van der Waals surface area (Å²) in [5.74, 6) is 0.973. The van der Waals surface area contributed by atoms with Gasteiger partial charge in [0.15, 0.2) is 0 Å². The highest BCUT2D eigenvalue weighted by Crippen LogP contribution is 2.08. The van der Waals surface area contributed by atoms with E-state index in [4.69, 9.17) is 5.73 Å². The zero-order chi connectivity index (χ0) is 9.80. The Morgan fingerprint density at radius 3 is 3.00 bits per heavy atom. The van der Waals surface area contributed by atoms with E-state index >= 15 is 0 Å². The SMILES string of the molecule is NCCc1nccn1-c1cccnc1. The van der Waals surface area contributed by atoms with Gasteiger partial charge in [-0.15, -0.1) is 0 Å². The molecule has 0 unspecified atom stereocenters. The van der Waals surface area contributed by atoms with Crippen LogP contribution < -0.4 is 5.73 Å². The zero-order valence-corrected chi connectivity index (χ0v) is 7.80. The molecule has 0 bridgehead atoms. The van der Waals surface area contributed by atoms with Crippen LogP contribution in [0.3, 0.4) is 0 Å². The van der Waals surface area contributed by atoms with Crippen LogP contribution in [0.4, 0.5) is 0 Å². The maximum atomic E-state index is 5.50. The fourth-order valence-corrected chi connectivity index (χ4v) is 1.38. The van der Waals surface area contributed by atoms with Crippen LogP contribution >= 0.6 is 0 Å². The van der Waals surface area contributed by atoms with Crippen molar-refractivity contribution < 1.29 is 0 Å². The number of nitrogens with zero attached hydrogens (tertiary/aromatic N) is 3. The Bertz CT molecular complexity index is 394. The molecule has 2 heterocycles. The number of rotatable bonds is 3. The van der Waals surface area contributed by atoms with Gasteiger partial charge in [0.1, 0.15) is 5.82 Å². The summed E-state index contributed by atoms with van der Waals surface area (Å²) >= 11 is 0. The Balaban J connectivity index is 2.37. The summed E-state index contributed by atoms with van der Waals surface area (Å²) in [5, 5.41) is 0. The van der Waals surface area contributed by atoms with Crippen LogP contribution in [0.5, 0.6) is 0 Å². The van der Waals surface area contributed by atoms with E-state index < -0.39 is 0 Å². The van der Waals surface area contributed by atoms with E-state index in [1.165, 1.54) is 0 Å². The van der Waals surface area contributed by atoms with Crippen LogP contribution in [0.15, 0.2) is 36.9 Å². The summed E-state index contributed by atoms with van der Waals surface area (Å²) in [4.78, 5) is 8.30. The van der Waals surface area contributed by atoms with Crippen LogP contribution in [-0.4, -0.2) is 21.1 Å². The van der Waals surface area contributed by atoms with Crippen molar-refractivity contribution in [1.29, 1.82) is 0 Å². The van der Waals surface area contributed by atoms with E-state index in [9.17, 15) is 0 Å². The second-order valence-corrected chi connectivity index (χ2v) is 2.96. The monoisotopic (exact) mass is 188 g/mol. The molecular formula is C10H12N4. The average molecular weight is 188 g/mol. The van der Waals surface area contributed by atoms with Crippen molar-refractivity contribution in [3.8, 4) is 5.69 Å². The third-order valence-electron chi connectivity index (χ3n) is 2.01. The topological polar surface area (TPSA) is 56.7 Å². The predicted octanol–water partition coefficient (Wildman–Crippen LogP) is 0.768. The average Bonchev–Trinajstić information content (AvgIpc) is 2.68. The Hall–Kier alpha value is -1.68. The highest BCUT2D eigenvalue weighted by molar-refractivity contribution is 5.29. The van der Waals surface area contributed by atoms with Crippen molar-refractivity contribution in [2.24, 2.45) is 5.73 Å². The number of imidazole rings is 1.